The molecule has 18 heavy (non-hydrogen) atoms. The molecule has 0 amide bonds. The summed E-state index contributed by atoms with van der Waals surface area (Å²) in [6, 6.07) is 6.12. The monoisotopic (exact) mass is 265 g/mol. The minimum absolute atomic E-state index is 0.429. The van der Waals surface area contributed by atoms with Crippen molar-refractivity contribution >= 4 is 11.6 Å². The van der Waals surface area contributed by atoms with E-state index in [1.165, 1.54) is 0 Å². The zero-order valence-corrected chi connectivity index (χ0v) is 11.8. The predicted octanol–water partition coefficient (Wildman–Crippen LogP) is 3.63. The molecule has 0 saturated heterocycles. The van der Waals surface area contributed by atoms with Gasteiger partial charge in [0, 0.05) is 29.6 Å². The zero-order valence-electron chi connectivity index (χ0n) is 11.0. The first kappa shape index (κ1) is 14.9. The standard InChI is InChI=1S/C15H20ClNO/c1-4-5-6-9-18-15-8-7-14(16)10-13(15)11-17-12(2)3/h1,7-8,10,12,17H,5-6,9,11H2,2-3H3. The van der Waals surface area contributed by atoms with Crippen molar-refractivity contribution in [3.8, 4) is 18.1 Å². The topological polar surface area (TPSA) is 21.3 Å². The third-order valence-electron chi connectivity index (χ3n) is 2.45. The number of unbranched alkanes of at least 4 members (excludes halogenated alkanes) is 1. The van der Waals surface area contributed by atoms with E-state index in [4.69, 9.17) is 22.8 Å². The van der Waals surface area contributed by atoms with Crippen LogP contribution in [-0.2, 0) is 6.54 Å². The summed E-state index contributed by atoms with van der Waals surface area (Å²) in [5, 5.41) is 4.09. The van der Waals surface area contributed by atoms with Crippen molar-refractivity contribution in [1.82, 2.24) is 5.32 Å². The van der Waals surface area contributed by atoms with Gasteiger partial charge in [-0.2, -0.15) is 0 Å². The van der Waals surface area contributed by atoms with E-state index < -0.39 is 0 Å². The Morgan fingerprint density at radius 1 is 1.44 bits per heavy atom. The molecular formula is C15H20ClNO. The summed E-state index contributed by atoms with van der Waals surface area (Å²) < 4.78 is 5.73. The molecule has 0 aromatic heterocycles. The van der Waals surface area contributed by atoms with Crippen molar-refractivity contribution in [2.75, 3.05) is 6.61 Å². The highest BCUT2D eigenvalue weighted by Crippen LogP contribution is 2.23. The van der Waals surface area contributed by atoms with E-state index in [0.717, 1.165) is 35.7 Å². The minimum Gasteiger partial charge on any atom is -0.493 e. The first-order chi connectivity index (χ1) is 8.63. The molecule has 1 aromatic carbocycles. The summed E-state index contributed by atoms with van der Waals surface area (Å²) >= 11 is 6.01. The van der Waals surface area contributed by atoms with Gasteiger partial charge in [-0.15, -0.1) is 12.3 Å². The smallest absolute Gasteiger partial charge is 0.123 e. The molecule has 0 aliphatic carbocycles. The average Bonchev–Trinajstić information content (AvgIpc) is 2.34. The maximum atomic E-state index is 6.01. The van der Waals surface area contributed by atoms with Gasteiger partial charge in [0.1, 0.15) is 5.75 Å². The Hall–Kier alpha value is -1.17. The van der Waals surface area contributed by atoms with Crippen LogP contribution in [0.5, 0.6) is 5.75 Å². The Morgan fingerprint density at radius 2 is 2.22 bits per heavy atom. The average molecular weight is 266 g/mol. The number of hydrogen-bond acceptors (Lipinski definition) is 2. The van der Waals surface area contributed by atoms with E-state index in [-0.39, 0.29) is 0 Å². The summed E-state index contributed by atoms with van der Waals surface area (Å²) in [4.78, 5) is 0. The van der Waals surface area contributed by atoms with Crippen LogP contribution in [0.25, 0.3) is 0 Å². The van der Waals surface area contributed by atoms with Gasteiger partial charge in [-0.1, -0.05) is 25.4 Å². The third kappa shape index (κ3) is 5.44. The highest BCUT2D eigenvalue weighted by molar-refractivity contribution is 6.30. The molecule has 0 saturated carbocycles. The fourth-order valence-corrected chi connectivity index (χ4v) is 1.69. The fraction of sp³-hybridized carbons (Fsp3) is 0.467. The van der Waals surface area contributed by atoms with E-state index in [2.05, 4.69) is 25.1 Å². The SMILES string of the molecule is C#CCCCOc1ccc(Cl)cc1CNC(C)C. The van der Waals surface area contributed by atoms with Gasteiger partial charge >= 0.3 is 0 Å². The zero-order chi connectivity index (χ0) is 13.4. The number of hydrogen-bond donors (Lipinski definition) is 1. The van der Waals surface area contributed by atoms with Crippen LogP contribution in [-0.4, -0.2) is 12.6 Å². The predicted molar refractivity (Wildman–Crippen MR) is 77.0 cm³/mol. The van der Waals surface area contributed by atoms with Crippen molar-refractivity contribution in [2.45, 2.75) is 39.3 Å². The summed E-state index contributed by atoms with van der Waals surface area (Å²) in [5.41, 5.74) is 1.08. The quantitative estimate of drug-likeness (QED) is 0.600. The van der Waals surface area contributed by atoms with Gasteiger partial charge < -0.3 is 10.1 Å². The first-order valence-corrected chi connectivity index (χ1v) is 6.59. The Labute approximate surface area is 115 Å². The van der Waals surface area contributed by atoms with Crippen LogP contribution in [0, 0.1) is 12.3 Å². The molecule has 1 aromatic rings. The number of terminal acetylenes is 1. The van der Waals surface area contributed by atoms with E-state index in [9.17, 15) is 0 Å². The van der Waals surface area contributed by atoms with Crippen molar-refractivity contribution in [1.29, 1.82) is 0 Å². The Morgan fingerprint density at radius 3 is 2.89 bits per heavy atom. The summed E-state index contributed by atoms with van der Waals surface area (Å²) in [6.07, 6.45) is 6.82. The number of rotatable bonds is 7. The van der Waals surface area contributed by atoms with E-state index in [1.807, 2.05) is 18.2 Å². The molecule has 1 rings (SSSR count). The maximum Gasteiger partial charge on any atom is 0.123 e. The number of nitrogens with one attached hydrogen (secondary N) is 1. The van der Waals surface area contributed by atoms with Crippen LogP contribution in [0.3, 0.4) is 0 Å². The van der Waals surface area contributed by atoms with Gasteiger partial charge in [-0.05, 0) is 24.6 Å². The number of benzene rings is 1. The lowest BCUT2D eigenvalue weighted by molar-refractivity contribution is 0.308. The largest absolute Gasteiger partial charge is 0.493 e. The van der Waals surface area contributed by atoms with Gasteiger partial charge in [0.05, 0.1) is 6.61 Å². The molecule has 0 aliphatic heterocycles. The molecule has 98 valence electrons. The third-order valence-corrected chi connectivity index (χ3v) is 2.68. The molecule has 0 spiro atoms. The van der Waals surface area contributed by atoms with E-state index in [1.54, 1.807) is 0 Å². The van der Waals surface area contributed by atoms with Crippen molar-refractivity contribution in [3.63, 3.8) is 0 Å². The molecule has 3 heteroatoms. The molecular weight excluding hydrogens is 246 g/mol. The molecule has 0 radical (unpaired) electrons. The Bertz CT molecular complexity index is 409. The van der Waals surface area contributed by atoms with Crippen molar-refractivity contribution in [2.24, 2.45) is 0 Å². The highest BCUT2D eigenvalue weighted by atomic mass is 35.5. The van der Waals surface area contributed by atoms with Gasteiger partial charge in [-0.3, -0.25) is 0 Å². The lowest BCUT2D eigenvalue weighted by Crippen LogP contribution is -2.22. The van der Waals surface area contributed by atoms with Gasteiger partial charge in [0.15, 0.2) is 0 Å². The highest BCUT2D eigenvalue weighted by Gasteiger charge is 2.05. The minimum atomic E-state index is 0.429. The number of ether oxygens (including phenoxy) is 1. The normalized spacial score (nSPS) is 10.4. The molecule has 0 aliphatic rings. The van der Waals surface area contributed by atoms with Crippen LogP contribution in [0.4, 0.5) is 0 Å². The van der Waals surface area contributed by atoms with E-state index >= 15 is 0 Å². The first-order valence-electron chi connectivity index (χ1n) is 6.21. The van der Waals surface area contributed by atoms with Crippen LogP contribution in [0.2, 0.25) is 5.02 Å². The molecule has 0 fully saturated rings. The molecule has 0 atom stereocenters. The number of halogens is 1. The lowest BCUT2D eigenvalue weighted by Gasteiger charge is -2.14. The van der Waals surface area contributed by atoms with Crippen molar-refractivity contribution < 1.29 is 4.74 Å². The van der Waals surface area contributed by atoms with Crippen LogP contribution >= 0.6 is 11.6 Å². The van der Waals surface area contributed by atoms with E-state index in [0.29, 0.717) is 12.6 Å². The molecule has 0 heterocycles. The van der Waals surface area contributed by atoms with Crippen LogP contribution in [0.1, 0.15) is 32.3 Å². The fourth-order valence-electron chi connectivity index (χ4n) is 1.50. The second-order valence-electron chi connectivity index (χ2n) is 4.44. The maximum absolute atomic E-state index is 6.01. The summed E-state index contributed by atoms with van der Waals surface area (Å²) in [7, 11) is 0. The van der Waals surface area contributed by atoms with Gasteiger partial charge in [-0.25, -0.2) is 0 Å². The molecule has 2 nitrogen and oxygen atoms in total. The van der Waals surface area contributed by atoms with Crippen molar-refractivity contribution in [3.05, 3.63) is 28.8 Å². The summed E-state index contributed by atoms with van der Waals surface area (Å²) in [6.45, 7) is 5.61. The Balaban J connectivity index is 2.61. The van der Waals surface area contributed by atoms with Gasteiger partial charge in [0.25, 0.3) is 0 Å². The van der Waals surface area contributed by atoms with Gasteiger partial charge in [0.2, 0.25) is 0 Å². The second kappa shape index (κ2) is 8.02. The lowest BCUT2D eigenvalue weighted by atomic mass is 10.2. The molecule has 0 bridgehead atoms. The second-order valence-corrected chi connectivity index (χ2v) is 4.88. The molecule has 1 N–H and O–H groups in total. The Kier molecular flexibility index (Phi) is 6.64. The molecule has 0 unspecified atom stereocenters. The van der Waals surface area contributed by atoms with Crippen LogP contribution in [0.15, 0.2) is 18.2 Å². The summed E-state index contributed by atoms with van der Waals surface area (Å²) in [5.74, 6) is 3.48. The van der Waals surface area contributed by atoms with Crippen LogP contribution < -0.4 is 10.1 Å².